The van der Waals surface area contributed by atoms with Crippen molar-refractivity contribution >= 4 is 21.6 Å². The van der Waals surface area contributed by atoms with Gasteiger partial charge in [0.1, 0.15) is 5.75 Å². The van der Waals surface area contributed by atoms with Crippen molar-refractivity contribution in [1.82, 2.24) is 4.72 Å². The normalized spacial score (nSPS) is 17.6. The Balaban J connectivity index is 1.28. The molecule has 0 atom stereocenters. The van der Waals surface area contributed by atoms with E-state index in [4.69, 9.17) is 4.74 Å². The summed E-state index contributed by atoms with van der Waals surface area (Å²) in [4.78, 5) is 12.3. The first kappa shape index (κ1) is 21.3. The highest BCUT2D eigenvalue weighted by Crippen LogP contribution is 2.47. The molecule has 2 N–H and O–H groups in total. The Kier molecular flexibility index (Phi) is 5.99. The number of carbonyl (C=O) groups is 1. The fourth-order valence-corrected chi connectivity index (χ4v) is 5.16. The largest absolute Gasteiger partial charge is 0.484 e. The third-order valence-electron chi connectivity index (χ3n) is 5.87. The SMILES string of the molecule is N#CC1(c2ccc(NC(=O)COc3ccc(S(=O)(=O)NC4CCCC4)cc3)cc2)CC1. The summed E-state index contributed by atoms with van der Waals surface area (Å²) in [6.07, 6.45) is 5.59. The number of carbonyl (C=O) groups excluding carboxylic acids is 1. The van der Waals surface area contributed by atoms with Crippen molar-refractivity contribution in [2.75, 3.05) is 11.9 Å². The summed E-state index contributed by atoms with van der Waals surface area (Å²) in [7, 11) is -3.55. The minimum atomic E-state index is -3.55. The zero-order valence-corrected chi connectivity index (χ0v) is 18.0. The highest BCUT2D eigenvalue weighted by atomic mass is 32.2. The lowest BCUT2D eigenvalue weighted by Crippen LogP contribution is -2.32. The van der Waals surface area contributed by atoms with Gasteiger partial charge in [-0.3, -0.25) is 4.79 Å². The smallest absolute Gasteiger partial charge is 0.262 e. The van der Waals surface area contributed by atoms with E-state index in [1.807, 2.05) is 12.1 Å². The van der Waals surface area contributed by atoms with Crippen molar-refractivity contribution in [3.05, 3.63) is 54.1 Å². The Bertz CT molecular complexity index is 1080. The van der Waals surface area contributed by atoms with E-state index in [1.165, 1.54) is 12.1 Å². The topological polar surface area (TPSA) is 108 Å². The molecule has 1 amide bonds. The van der Waals surface area contributed by atoms with Crippen molar-refractivity contribution in [2.45, 2.75) is 54.9 Å². The lowest BCUT2D eigenvalue weighted by molar-refractivity contribution is -0.118. The van der Waals surface area contributed by atoms with Crippen LogP contribution in [0.25, 0.3) is 0 Å². The number of nitrogens with zero attached hydrogens (tertiary/aromatic N) is 1. The predicted octanol–water partition coefficient (Wildman–Crippen LogP) is 3.48. The molecule has 4 rings (SSSR count). The molecule has 0 radical (unpaired) electrons. The van der Waals surface area contributed by atoms with Crippen LogP contribution < -0.4 is 14.8 Å². The van der Waals surface area contributed by atoms with Gasteiger partial charge in [0.05, 0.1) is 16.4 Å². The summed E-state index contributed by atoms with van der Waals surface area (Å²) in [5.74, 6) is 0.0868. The molecule has 0 aromatic heterocycles. The van der Waals surface area contributed by atoms with Crippen LogP contribution in [0.5, 0.6) is 5.75 Å². The van der Waals surface area contributed by atoms with Gasteiger partial charge in [0.15, 0.2) is 6.61 Å². The minimum absolute atomic E-state index is 0.00778. The lowest BCUT2D eigenvalue weighted by atomic mass is 9.98. The van der Waals surface area contributed by atoms with E-state index < -0.39 is 10.0 Å². The third kappa shape index (κ3) is 5.06. The molecular formula is C23H25N3O4S. The second kappa shape index (κ2) is 8.69. The number of sulfonamides is 1. The Morgan fingerprint density at radius 3 is 2.29 bits per heavy atom. The fraction of sp³-hybridized carbons (Fsp3) is 0.391. The second-order valence-corrected chi connectivity index (χ2v) is 9.90. The molecule has 7 nitrogen and oxygen atoms in total. The molecule has 0 aliphatic heterocycles. The van der Waals surface area contributed by atoms with Gasteiger partial charge in [-0.2, -0.15) is 5.26 Å². The van der Waals surface area contributed by atoms with E-state index in [0.717, 1.165) is 44.1 Å². The van der Waals surface area contributed by atoms with Crippen molar-refractivity contribution < 1.29 is 17.9 Å². The maximum atomic E-state index is 12.4. The molecule has 0 heterocycles. The quantitative estimate of drug-likeness (QED) is 0.655. The lowest BCUT2D eigenvalue weighted by Gasteiger charge is -2.13. The maximum absolute atomic E-state index is 12.4. The average molecular weight is 440 g/mol. The summed E-state index contributed by atoms with van der Waals surface area (Å²) >= 11 is 0. The molecule has 31 heavy (non-hydrogen) atoms. The molecule has 2 aliphatic carbocycles. The zero-order chi connectivity index (χ0) is 21.9. The maximum Gasteiger partial charge on any atom is 0.262 e. The van der Waals surface area contributed by atoms with Gasteiger partial charge in [0, 0.05) is 11.7 Å². The number of hydrogen-bond donors (Lipinski definition) is 2. The number of nitriles is 1. The van der Waals surface area contributed by atoms with Gasteiger partial charge < -0.3 is 10.1 Å². The van der Waals surface area contributed by atoms with Crippen molar-refractivity contribution in [3.8, 4) is 11.8 Å². The first-order chi connectivity index (χ1) is 14.9. The average Bonchev–Trinajstić information content (AvgIpc) is 3.42. The molecule has 0 spiro atoms. The first-order valence-electron chi connectivity index (χ1n) is 10.5. The van der Waals surface area contributed by atoms with Crippen LogP contribution in [0.4, 0.5) is 5.69 Å². The highest BCUT2D eigenvalue weighted by Gasteiger charge is 2.44. The number of anilines is 1. The Morgan fingerprint density at radius 2 is 1.71 bits per heavy atom. The van der Waals surface area contributed by atoms with Crippen LogP contribution in [0, 0.1) is 11.3 Å². The number of hydrogen-bond acceptors (Lipinski definition) is 5. The molecule has 0 bridgehead atoms. The molecule has 0 saturated heterocycles. The van der Waals surface area contributed by atoms with Gasteiger partial charge >= 0.3 is 0 Å². The minimum Gasteiger partial charge on any atom is -0.484 e. The van der Waals surface area contributed by atoms with Crippen LogP contribution in [0.15, 0.2) is 53.4 Å². The molecular weight excluding hydrogens is 414 g/mol. The molecule has 2 saturated carbocycles. The molecule has 0 unspecified atom stereocenters. The molecule has 162 valence electrons. The number of ether oxygens (including phenoxy) is 1. The van der Waals surface area contributed by atoms with Crippen molar-refractivity contribution in [1.29, 1.82) is 5.26 Å². The van der Waals surface area contributed by atoms with Crippen molar-refractivity contribution in [3.63, 3.8) is 0 Å². The van der Waals surface area contributed by atoms with E-state index in [9.17, 15) is 18.5 Å². The molecule has 2 aliphatic rings. The summed E-state index contributed by atoms with van der Waals surface area (Å²) in [6, 6.07) is 15.7. The van der Waals surface area contributed by atoms with Gasteiger partial charge in [0.25, 0.3) is 5.91 Å². The van der Waals surface area contributed by atoms with E-state index >= 15 is 0 Å². The number of benzene rings is 2. The van der Waals surface area contributed by atoms with E-state index in [2.05, 4.69) is 16.1 Å². The predicted molar refractivity (Wildman–Crippen MR) is 116 cm³/mol. The van der Waals surface area contributed by atoms with Gasteiger partial charge in [-0.1, -0.05) is 25.0 Å². The zero-order valence-electron chi connectivity index (χ0n) is 17.1. The van der Waals surface area contributed by atoms with Crippen LogP contribution >= 0.6 is 0 Å². The van der Waals surface area contributed by atoms with Crippen molar-refractivity contribution in [2.24, 2.45) is 0 Å². The molecule has 2 fully saturated rings. The van der Waals surface area contributed by atoms with Gasteiger partial charge in [-0.25, -0.2) is 13.1 Å². The number of rotatable bonds is 8. The van der Waals surface area contributed by atoms with Gasteiger partial charge in [0.2, 0.25) is 10.0 Å². The summed E-state index contributed by atoms with van der Waals surface area (Å²) < 4.78 is 33.1. The fourth-order valence-electron chi connectivity index (χ4n) is 3.85. The van der Waals surface area contributed by atoms with Crippen LogP contribution in [0.2, 0.25) is 0 Å². The highest BCUT2D eigenvalue weighted by molar-refractivity contribution is 7.89. The van der Waals surface area contributed by atoms with E-state index in [0.29, 0.717) is 11.4 Å². The third-order valence-corrected chi connectivity index (χ3v) is 7.40. The summed E-state index contributed by atoms with van der Waals surface area (Å²) in [5, 5.41) is 12.0. The first-order valence-corrected chi connectivity index (χ1v) is 12.0. The van der Waals surface area contributed by atoms with Crippen LogP contribution in [-0.4, -0.2) is 27.0 Å². The van der Waals surface area contributed by atoms with E-state index in [-0.39, 0.29) is 28.9 Å². The van der Waals surface area contributed by atoms with Gasteiger partial charge in [-0.05, 0) is 67.6 Å². The standard InChI is InChI=1S/C23H25N3O4S/c24-16-23(13-14-23)17-5-7-18(8-6-17)25-22(27)15-30-20-9-11-21(12-10-20)31(28,29)26-19-3-1-2-4-19/h5-12,19,26H,1-4,13-15H2,(H,25,27). The van der Waals surface area contributed by atoms with Gasteiger partial charge in [-0.15, -0.1) is 0 Å². The number of nitrogens with one attached hydrogen (secondary N) is 2. The summed E-state index contributed by atoms with van der Waals surface area (Å²) in [5.41, 5.74) is 1.25. The molecule has 8 heteroatoms. The Labute approximate surface area is 182 Å². The van der Waals surface area contributed by atoms with Crippen LogP contribution in [0.3, 0.4) is 0 Å². The molecule has 2 aromatic carbocycles. The Hall–Kier alpha value is -2.89. The van der Waals surface area contributed by atoms with Crippen LogP contribution in [-0.2, 0) is 20.2 Å². The molecule has 2 aromatic rings. The monoisotopic (exact) mass is 439 g/mol. The number of amides is 1. The Morgan fingerprint density at radius 1 is 1.06 bits per heavy atom. The summed E-state index contributed by atoms with van der Waals surface area (Å²) in [6.45, 7) is -0.198. The second-order valence-electron chi connectivity index (χ2n) is 8.18. The van der Waals surface area contributed by atoms with Crippen LogP contribution in [0.1, 0.15) is 44.1 Å². The van der Waals surface area contributed by atoms with E-state index in [1.54, 1.807) is 24.3 Å².